The highest BCUT2D eigenvalue weighted by Gasteiger charge is 2.21. The molecular formula is C19H19ClN4O2. The van der Waals surface area contributed by atoms with Gasteiger partial charge >= 0.3 is 5.69 Å². The molecule has 1 aromatic carbocycles. The summed E-state index contributed by atoms with van der Waals surface area (Å²) in [5, 5.41) is 0.615. The first-order valence-corrected chi connectivity index (χ1v) is 9.24. The van der Waals surface area contributed by atoms with E-state index in [-0.39, 0.29) is 23.3 Å². The van der Waals surface area contributed by atoms with Crippen LogP contribution < -0.4 is 11.2 Å². The number of aromatic nitrogens is 4. The van der Waals surface area contributed by atoms with E-state index in [0.29, 0.717) is 17.2 Å². The Kier molecular flexibility index (Phi) is 4.36. The smallest absolute Gasteiger partial charge is 0.276 e. The Morgan fingerprint density at radius 1 is 1.04 bits per heavy atom. The van der Waals surface area contributed by atoms with Crippen molar-refractivity contribution < 1.29 is 0 Å². The summed E-state index contributed by atoms with van der Waals surface area (Å²) in [6, 6.07) is 7.13. The minimum Gasteiger partial charge on any atom is -0.276 e. The van der Waals surface area contributed by atoms with Crippen LogP contribution in [-0.4, -0.2) is 19.1 Å². The van der Waals surface area contributed by atoms with Crippen molar-refractivity contribution in [2.24, 2.45) is 0 Å². The van der Waals surface area contributed by atoms with Crippen molar-refractivity contribution in [3.05, 3.63) is 67.1 Å². The maximum atomic E-state index is 13.0. The summed E-state index contributed by atoms with van der Waals surface area (Å²) < 4.78 is 2.83. The monoisotopic (exact) mass is 370 g/mol. The van der Waals surface area contributed by atoms with E-state index in [1.54, 1.807) is 16.7 Å². The molecule has 0 atom stereocenters. The van der Waals surface area contributed by atoms with Crippen molar-refractivity contribution in [2.75, 3.05) is 0 Å². The quantitative estimate of drug-likeness (QED) is 0.707. The predicted molar refractivity (Wildman–Crippen MR) is 101 cm³/mol. The largest absolute Gasteiger partial charge is 0.333 e. The Hall–Kier alpha value is -2.47. The first-order valence-electron chi connectivity index (χ1n) is 8.86. The van der Waals surface area contributed by atoms with Gasteiger partial charge in [0.25, 0.3) is 5.56 Å². The van der Waals surface area contributed by atoms with E-state index in [0.717, 1.165) is 42.6 Å². The zero-order chi connectivity index (χ0) is 18.3. The zero-order valence-corrected chi connectivity index (χ0v) is 15.3. The van der Waals surface area contributed by atoms with Gasteiger partial charge in [-0.3, -0.25) is 13.9 Å². The van der Waals surface area contributed by atoms with Crippen LogP contribution in [0.25, 0.3) is 11.2 Å². The number of fused-ring (bicyclic) bond motifs is 2. The van der Waals surface area contributed by atoms with Gasteiger partial charge in [0.2, 0.25) is 0 Å². The lowest BCUT2D eigenvalue weighted by Crippen LogP contribution is -2.41. The van der Waals surface area contributed by atoms with E-state index in [2.05, 4.69) is 9.97 Å². The number of benzene rings is 1. The van der Waals surface area contributed by atoms with Gasteiger partial charge in [-0.2, -0.15) is 0 Å². The molecule has 1 aliphatic rings. The molecule has 0 fully saturated rings. The third-order valence-electron chi connectivity index (χ3n) is 4.73. The van der Waals surface area contributed by atoms with Gasteiger partial charge in [0.15, 0.2) is 11.2 Å². The summed E-state index contributed by atoms with van der Waals surface area (Å²) in [4.78, 5) is 35.2. The molecule has 1 aliphatic carbocycles. The van der Waals surface area contributed by atoms with E-state index >= 15 is 0 Å². The minimum atomic E-state index is -0.380. The highest BCUT2D eigenvalue weighted by molar-refractivity contribution is 6.30. The molecule has 3 aromatic rings. The highest BCUT2D eigenvalue weighted by Crippen LogP contribution is 2.19. The second kappa shape index (κ2) is 6.68. The van der Waals surface area contributed by atoms with Gasteiger partial charge in [0, 0.05) is 11.6 Å². The van der Waals surface area contributed by atoms with Crippen molar-refractivity contribution in [1.82, 2.24) is 19.1 Å². The molecule has 0 spiro atoms. The van der Waals surface area contributed by atoms with Gasteiger partial charge in [-0.05, 0) is 43.4 Å². The molecule has 2 aromatic heterocycles. The summed E-state index contributed by atoms with van der Waals surface area (Å²) in [7, 11) is 0. The third-order valence-corrected chi connectivity index (χ3v) is 4.98. The summed E-state index contributed by atoms with van der Waals surface area (Å²) in [6.45, 7) is 2.69. The summed E-state index contributed by atoms with van der Waals surface area (Å²) in [5.74, 6) is 0. The van der Waals surface area contributed by atoms with E-state index in [1.165, 1.54) is 4.57 Å². The molecular weight excluding hydrogens is 352 g/mol. The fourth-order valence-corrected chi connectivity index (χ4v) is 3.56. The van der Waals surface area contributed by atoms with E-state index < -0.39 is 0 Å². The zero-order valence-electron chi connectivity index (χ0n) is 14.5. The Labute approximate surface area is 155 Å². The normalized spacial score (nSPS) is 13.3. The van der Waals surface area contributed by atoms with Crippen LogP contribution in [0.4, 0.5) is 0 Å². The second-order valence-electron chi connectivity index (χ2n) is 6.59. The molecule has 0 amide bonds. The minimum absolute atomic E-state index is 0.188. The van der Waals surface area contributed by atoms with Crippen LogP contribution in [0.2, 0.25) is 5.02 Å². The Morgan fingerprint density at radius 2 is 1.73 bits per heavy atom. The number of aryl methyl sites for hydroxylation is 3. The van der Waals surface area contributed by atoms with Crippen LogP contribution in [0.1, 0.15) is 36.7 Å². The number of halogens is 1. The van der Waals surface area contributed by atoms with Gasteiger partial charge in [-0.1, -0.05) is 30.7 Å². The van der Waals surface area contributed by atoms with Crippen LogP contribution in [0.5, 0.6) is 0 Å². The molecule has 0 N–H and O–H groups in total. The Balaban J connectivity index is 1.95. The van der Waals surface area contributed by atoms with Crippen LogP contribution in [0.15, 0.2) is 33.9 Å². The van der Waals surface area contributed by atoms with Gasteiger partial charge in [0.1, 0.15) is 0 Å². The SMILES string of the molecule is CCCn1c(=O)n(Cc2ccc(Cl)cc2)c(=O)c2nc3c(nc21)CCC3. The second-order valence-corrected chi connectivity index (χ2v) is 7.03. The Bertz CT molecular complexity index is 1100. The first-order chi connectivity index (χ1) is 12.6. The van der Waals surface area contributed by atoms with E-state index in [9.17, 15) is 9.59 Å². The van der Waals surface area contributed by atoms with Gasteiger partial charge < -0.3 is 0 Å². The molecule has 0 saturated carbocycles. The van der Waals surface area contributed by atoms with Crippen molar-refractivity contribution in [3.63, 3.8) is 0 Å². The molecule has 0 radical (unpaired) electrons. The van der Waals surface area contributed by atoms with Gasteiger partial charge in [-0.25, -0.2) is 14.8 Å². The van der Waals surface area contributed by atoms with Crippen LogP contribution >= 0.6 is 11.6 Å². The number of hydrogen-bond acceptors (Lipinski definition) is 4. The lowest BCUT2D eigenvalue weighted by molar-refractivity contribution is 0.586. The van der Waals surface area contributed by atoms with E-state index in [4.69, 9.17) is 11.6 Å². The average Bonchev–Trinajstić information content (AvgIpc) is 3.10. The van der Waals surface area contributed by atoms with Crippen LogP contribution in [0, 0.1) is 0 Å². The Morgan fingerprint density at radius 3 is 2.42 bits per heavy atom. The summed E-state index contributed by atoms with van der Waals surface area (Å²) in [5.41, 5.74) is 2.61. The molecule has 4 rings (SSSR count). The van der Waals surface area contributed by atoms with Gasteiger partial charge in [-0.15, -0.1) is 0 Å². The van der Waals surface area contributed by atoms with Crippen molar-refractivity contribution in [1.29, 1.82) is 0 Å². The van der Waals surface area contributed by atoms with Crippen molar-refractivity contribution in [3.8, 4) is 0 Å². The first kappa shape index (κ1) is 17.0. The van der Waals surface area contributed by atoms with Crippen molar-refractivity contribution >= 4 is 22.8 Å². The molecule has 0 unspecified atom stereocenters. The molecule has 2 heterocycles. The molecule has 134 valence electrons. The molecule has 0 aliphatic heterocycles. The fraction of sp³-hybridized carbons (Fsp3) is 0.368. The topological polar surface area (TPSA) is 69.8 Å². The maximum Gasteiger partial charge on any atom is 0.333 e. The highest BCUT2D eigenvalue weighted by atomic mass is 35.5. The maximum absolute atomic E-state index is 13.0. The predicted octanol–water partition coefficient (Wildman–Crippen LogP) is 2.55. The lowest BCUT2D eigenvalue weighted by Gasteiger charge is -2.13. The van der Waals surface area contributed by atoms with Crippen molar-refractivity contribution in [2.45, 2.75) is 45.7 Å². The van der Waals surface area contributed by atoms with Gasteiger partial charge in [0.05, 0.1) is 17.9 Å². The number of nitrogens with zero attached hydrogens (tertiary/aromatic N) is 4. The molecule has 7 heteroatoms. The molecule has 0 saturated heterocycles. The number of hydrogen-bond donors (Lipinski definition) is 0. The molecule has 6 nitrogen and oxygen atoms in total. The molecule has 26 heavy (non-hydrogen) atoms. The summed E-state index contributed by atoms with van der Waals surface area (Å²) >= 11 is 5.92. The van der Waals surface area contributed by atoms with Crippen LogP contribution in [-0.2, 0) is 25.9 Å². The standard InChI is InChI=1S/C19H19ClN4O2/c1-2-10-23-17-16(21-14-4-3-5-15(14)22-17)18(25)24(19(23)26)11-12-6-8-13(20)9-7-12/h6-9H,2-5,10-11H2,1H3. The fourth-order valence-electron chi connectivity index (χ4n) is 3.44. The van der Waals surface area contributed by atoms with Crippen LogP contribution in [0.3, 0.4) is 0 Å². The average molecular weight is 371 g/mol. The molecule has 0 bridgehead atoms. The number of rotatable bonds is 4. The summed E-state index contributed by atoms with van der Waals surface area (Å²) in [6.07, 6.45) is 3.45. The third kappa shape index (κ3) is 2.84. The van der Waals surface area contributed by atoms with E-state index in [1.807, 2.05) is 19.1 Å². The lowest BCUT2D eigenvalue weighted by atomic mass is 10.2.